The fraction of sp³-hybridized carbons (Fsp3) is 0.500. The topological polar surface area (TPSA) is 26.3 Å². The number of carbonyl (C=O) groups excluding carboxylic acids is 1. The maximum Gasteiger partial charge on any atom is 0.311 e. The van der Waals surface area contributed by atoms with Crippen LogP contribution in [0, 0.1) is 10.8 Å². The molecule has 0 radical (unpaired) electrons. The summed E-state index contributed by atoms with van der Waals surface area (Å²) in [5.74, 6) is -0.198. The number of benzene rings is 1. The van der Waals surface area contributed by atoms with Gasteiger partial charge in [0.2, 0.25) is 0 Å². The highest BCUT2D eigenvalue weighted by atomic mass is 35.5. The van der Waals surface area contributed by atoms with Crippen LogP contribution >= 0.6 is 11.6 Å². The van der Waals surface area contributed by atoms with Crippen LogP contribution in [0.1, 0.15) is 47.1 Å². The van der Waals surface area contributed by atoms with E-state index in [0.29, 0.717) is 5.02 Å². The van der Waals surface area contributed by atoms with Gasteiger partial charge in [0.15, 0.2) is 0 Å². The number of hydrogen-bond acceptors (Lipinski definition) is 2. The predicted octanol–water partition coefficient (Wildman–Crippen LogP) is 5.36. The summed E-state index contributed by atoms with van der Waals surface area (Å²) in [5, 5.41) is 0.695. The number of allylic oxidation sites excluding steroid dienone is 1. The molecule has 0 unspecified atom stereocenters. The van der Waals surface area contributed by atoms with E-state index < -0.39 is 5.41 Å². The van der Waals surface area contributed by atoms with Crippen LogP contribution in [0.4, 0.5) is 0 Å². The smallest absolute Gasteiger partial charge is 0.311 e. The molecule has 0 aromatic heterocycles. The second kappa shape index (κ2) is 6.65. The van der Waals surface area contributed by atoms with Gasteiger partial charge in [-0.15, -0.1) is 0 Å². The van der Waals surface area contributed by atoms with E-state index in [0.717, 1.165) is 11.1 Å². The number of halogens is 1. The Bertz CT molecular complexity index is 514. The van der Waals surface area contributed by atoms with E-state index in [9.17, 15) is 4.79 Å². The number of carbonyl (C=O) groups is 1. The van der Waals surface area contributed by atoms with Gasteiger partial charge in [-0.3, -0.25) is 4.79 Å². The van der Waals surface area contributed by atoms with Gasteiger partial charge in [-0.1, -0.05) is 50.6 Å². The van der Waals surface area contributed by atoms with Gasteiger partial charge >= 0.3 is 5.97 Å². The van der Waals surface area contributed by atoms with Crippen molar-refractivity contribution >= 4 is 23.1 Å². The van der Waals surface area contributed by atoms with E-state index >= 15 is 0 Å². The lowest BCUT2D eigenvalue weighted by Gasteiger charge is -2.20. The Morgan fingerprint density at radius 2 is 1.62 bits per heavy atom. The van der Waals surface area contributed by atoms with Crippen LogP contribution in [0.3, 0.4) is 0 Å². The van der Waals surface area contributed by atoms with Gasteiger partial charge in [0.1, 0.15) is 6.61 Å². The van der Waals surface area contributed by atoms with Crippen molar-refractivity contribution in [3.05, 3.63) is 40.9 Å². The Balaban J connectivity index is 2.97. The highest BCUT2D eigenvalue weighted by Crippen LogP contribution is 2.26. The first-order chi connectivity index (χ1) is 9.49. The highest BCUT2D eigenvalue weighted by Gasteiger charge is 2.23. The van der Waals surface area contributed by atoms with E-state index in [1.165, 1.54) is 0 Å². The molecule has 1 rings (SSSR count). The summed E-state index contributed by atoms with van der Waals surface area (Å²) in [4.78, 5) is 11.9. The SMILES string of the molecule is CC(C)(C)/C=C(\COC(=O)C(C)(C)C)c1ccc(Cl)cc1. The number of rotatable bonds is 3. The summed E-state index contributed by atoms with van der Waals surface area (Å²) in [6.07, 6.45) is 2.13. The second-order valence-corrected chi connectivity index (χ2v) is 7.81. The molecular formula is C18H25ClO2. The maximum atomic E-state index is 11.9. The van der Waals surface area contributed by atoms with Crippen LogP contribution in [-0.4, -0.2) is 12.6 Å². The summed E-state index contributed by atoms with van der Waals surface area (Å²) >= 11 is 5.93. The Kier molecular flexibility index (Phi) is 5.63. The molecule has 21 heavy (non-hydrogen) atoms. The minimum atomic E-state index is -0.493. The van der Waals surface area contributed by atoms with Crippen molar-refractivity contribution in [2.24, 2.45) is 10.8 Å². The summed E-state index contributed by atoms with van der Waals surface area (Å²) in [5.41, 5.74) is 1.53. The zero-order chi connectivity index (χ0) is 16.3. The van der Waals surface area contributed by atoms with Gasteiger partial charge in [-0.2, -0.15) is 0 Å². The lowest BCUT2D eigenvalue weighted by atomic mass is 9.91. The zero-order valence-electron chi connectivity index (χ0n) is 13.8. The lowest BCUT2D eigenvalue weighted by Crippen LogP contribution is -2.23. The molecule has 0 saturated heterocycles. The van der Waals surface area contributed by atoms with Crippen molar-refractivity contribution in [2.45, 2.75) is 41.5 Å². The summed E-state index contributed by atoms with van der Waals surface area (Å²) < 4.78 is 5.46. The van der Waals surface area contributed by atoms with Gasteiger partial charge in [-0.25, -0.2) is 0 Å². The predicted molar refractivity (Wildman–Crippen MR) is 89.3 cm³/mol. The average Bonchev–Trinajstić information content (AvgIpc) is 2.32. The van der Waals surface area contributed by atoms with E-state index in [2.05, 4.69) is 26.8 Å². The number of ether oxygens (including phenoxy) is 1. The molecule has 1 aromatic rings. The van der Waals surface area contributed by atoms with Gasteiger partial charge in [0, 0.05) is 5.02 Å². The third-order valence-electron chi connectivity index (χ3n) is 2.79. The fourth-order valence-corrected chi connectivity index (χ4v) is 1.88. The molecule has 0 aliphatic carbocycles. The highest BCUT2D eigenvalue weighted by molar-refractivity contribution is 6.30. The van der Waals surface area contributed by atoms with Gasteiger partial charge in [0.25, 0.3) is 0 Å². The van der Waals surface area contributed by atoms with Crippen LogP contribution in [-0.2, 0) is 9.53 Å². The Hall–Kier alpha value is -1.28. The minimum absolute atomic E-state index is 0.00308. The Morgan fingerprint density at radius 1 is 1.10 bits per heavy atom. The number of esters is 1. The third-order valence-corrected chi connectivity index (χ3v) is 3.05. The molecule has 0 amide bonds. The first kappa shape index (κ1) is 17.8. The van der Waals surface area contributed by atoms with Crippen molar-refractivity contribution in [1.29, 1.82) is 0 Å². The van der Waals surface area contributed by atoms with Crippen LogP contribution in [0.15, 0.2) is 30.3 Å². The van der Waals surface area contributed by atoms with E-state index in [-0.39, 0.29) is 18.0 Å². The van der Waals surface area contributed by atoms with E-state index in [4.69, 9.17) is 16.3 Å². The molecular weight excluding hydrogens is 284 g/mol. The van der Waals surface area contributed by atoms with Crippen molar-refractivity contribution in [3.63, 3.8) is 0 Å². The van der Waals surface area contributed by atoms with Crippen LogP contribution in [0.2, 0.25) is 5.02 Å². The summed E-state index contributed by atoms with van der Waals surface area (Å²) in [7, 11) is 0. The van der Waals surface area contributed by atoms with Gasteiger partial charge in [0.05, 0.1) is 5.41 Å². The molecule has 0 heterocycles. The summed E-state index contributed by atoms with van der Waals surface area (Å²) in [6.45, 7) is 12.2. The molecule has 0 aliphatic rings. The Morgan fingerprint density at radius 3 is 2.05 bits per heavy atom. The molecule has 2 nitrogen and oxygen atoms in total. The third kappa shape index (κ3) is 6.34. The fourth-order valence-electron chi connectivity index (χ4n) is 1.75. The van der Waals surface area contributed by atoms with Crippen molar-refractivity contribution in [3.8, 4) is 0 Å². The quantitative estimate of drug-likeness (QED) is 0.703. The molecule has 0 atom stereocenters. The monoisotopic (exact) mass is 308 g/mol. The standard InChI is InChI=1S/C18H25ClO2/c1-17(2,3)11-14(12-21-16(20)18(4,5)6)13-7-9-15(19)10-8-13/h7-11H,12H2,1-6H3/b14-11+. The van der Waals surface area contributed by atoms with Crippen LogP contribution < -0.4 is 0 Å². The van der Waals surface area contributed by atoms with Crippen molar-refractivity contribution < 1.29 is 9.53 Å². The Labute approximate surface area is 133 Å². The minimum Gasteiger partial charge on any atom is -0.460 e. The van der Waals surface area contributed by atoms with Gasteiger partial charge in [-0.05, 0) is 49.5 Å². The molecule has 0 fully saturated rings. The molecule has 3 heteroatoms. The second-order valence-electron chi connectivity index (χ2n) is 7.37. The zero-order valence-corrected chi connectivity index (χ0v) is 14.5. The molecule has 0 saturated carbocycles. The normalized spacial score (nSPS) is 13.2. The molecule has 116 valence electrons. The lowest BCUT2D eigenvalue weighted by molar-refractivity contribution is -0.151. The first-order valence-corrected chi connectivity index (χ1v) is 7.52. The van der Waals surface area contributed by atoms with Crippen molar-refractivity contribution in [1.82, 2.24) is 0 Å². The maximum absolute atomic E-state index is 11.9. The average molecular weight is 309 g/mol. The first-order valence-electron chi connectivity index (χ1n) is 7.14. The van der Waals surface area contributed by atoms with Gasteiger partial charge < -0.3 is 4.74 Å². The van der Waals surface area contributed by atoms with E-state index in [1.807, 2.05) is 45.0 Å². The van der Waals surface area contributed by atoms with Crippen LogP contribution in [0.25, 0.3) is 5.57 Å². The van der Waals surface area contributed by atoms with E-state index in [1.54, 1.807) is 0 Å². The largest absolute Gasteiger partial charge is 0.460 e. The summed E-state index contributed by atoms with van der Waals surface area (Å²) in [6, 6.07) is 7.59. The number of hydrogen-bond donors (Lipinski definition) is 0. The molecule has 0 spiro atoms. The molecule has 0 bridgehead atoms. The van der Waals surface area contributed by atoms with Crippen molar-refractivity contribution in [2.75, 3.05) is 6.61 Å². The molecule has 1 aromatic carbocycles. The molecule has 0 N–H and O–H groups in total. The molecule has 0 aliphatic heterocycles. The van der Waals surface area contributed by atoms with Crippen LogP contribution in [0.5, 0.6) is 0 Å².